The highest BCUT2D eigenvalue weighted by molar-refractivity contribution is 6.31. The van der Waals surface area contributed by atoms with Gasteiger partial charge in [0.25, 0.3) is 0 Å². The fourth-order valence-corrected chi connectivity index (χ4v) is 5.37. The van der Waals surface area contributed by atoms with Gasteiger partial charge in [0.2, 0.25) is 0 Å². The van der Waals surface area contributed by atoms with E-state index >= 15 is 0 Å². The van der Waals surface area contributed by atoms with E-state index in [-0.39, 0.29) is 5.75 Å². The van der Waals surface area contributed by atoms with Crippen LogP contribution in [-0.4, -0.2) is 5.11 Å². The van der Waals surface area contributed by atoms with Gasteiger partial charge >= 0.3 is 0 Å². The lowest BCUT2D eigenvalue weighted by Crippen LogP contribution is -2.16. The van der Waals surface area contributed by atoms with Crippen LogP contribution in [0.3, 0.4) is 0 Å². The van der Waals surface area contributed by atoms with Crippen molar-refractivity contribution < 1.29 is 5.11 Å². The Hall–Kier alpha value is -2.19. The number of fused-ring (bicyclic) bond motifs is 1. The van der Waals surface area contributed by atoms with Gasteiger partial charge in [-0.1, -0.05) is 70.4 Å². The SMILES string of the molecule is C=C(C)N(C(=C)C)c1ccc(O)cc1.CC.Cc1cc(Cl)c2c(c1)CC(C1CCCC1)C2. The number of anilines is 1. The molecule has 2 aliphatic rings. The highest BCUT2D eigenvalue weighted by Gasteiger charge is 2.31. The Bertz CT molecular complexity index is 895. The van der Waals surface area contributed by atoms with Crippen LogP contribution in [0.5, 0.6) is 5.75 Å². The van der Waals surface area contributed by atoms with E-state index in [1.54, 1.807) is 12.1 Å². The Morgan fingerprint density at radius 1 is 0.938 bits per heavy atom. The number of hydrogen-bond acceptors (Lipinski definition) is 2. The minimum atomic E-state index is 0.261. The lowest BCUT2D eigenvalue weighted by atomic mass is 9.88. The second-order valence-electron chi connectivity index (χ2n) is 8.92. The summed E-state index contributed by atoms with van der Waals surface area (Å²) in [5.74, 6) is 2.12. The molecule has 0 bridgehead atoms. The van der Waals surface area contributed by atoms with E-state index in [9.17, 15) is 0 Å². The molecular weight excluding hydrogens is 414 g/mol. The van der Waals surface area contributed by atoms with E-state index in [0.717, 1.165) is 33.9 Å². The number of aryl methyl sites for hydroxylation is 1. The first-order chi connectivity index (χ1) is 15.3. The number of phenolic OH excluding ortho intramolecular Hbond substituents is 1. The van der Waals surface area contributed by atoms with Crippen LogP contribution in [0.2, 0.25) is 5.02 Å². The summed E-state index contributed by atoms with van der Waals surface area (Å²) in [6.45, 7) is 17.7. The maximum absolute atomic E-state index is 9.15. The smallest absolute Gasteiger partial charge is 0.115 e. The third-order valence-corrected chi connectivity index (χ3v) is 6.66. The van der Waals surface area contributed by atoms with Crippen molar-refractivity contribution in [1.29, 1.82) is 0 Å². The van der Waals surface area contributed by atoms with Gasteiger partial charge in [0.15, 0.2) is 0 Å². The number of hydrogen-bond donors (Lipinski definition) is 1. The molecule has 0 amide bonds. The molecule has 3 heteroatoms. The predicted octanol–water partition coefficient (Wildman–Crippen LogP) is 8.85. The summed E-state index contributed by atoms with van der Waals surface area (Å²) in [7, 11) is 0. The fourth-order valence-electron chi connectivity index (χ4n) is 5.00. The van der Waals surface area contributed by atoms with Crippen LogP contribution >= 0.6 is 11.6 Å². The minimum absolute atomic E-state index is 0.261. The molecule has 0 heterocycles. The maximum atomic E-state index is 9.15. The van der Waals surface area contributed by atoms with Crippen LogP contribution in [0.4, 0.5) is 5.69 Å². The number of allylic oxidation sites excluding steroid dienone is 2. The Labute approximate surface area is 200 Å². The van der Waals surface area contributed by atoms with E-state index in [1.165, 1.54) is 55.2 Å². The van der Waals surface area contributed by atoms with E-state index in [4.69, 9.17) is 16.7 Å². The van der Waals surface area contributed by atoms with Gasteiger partial charge < -0.3 is 10.0 Å². The van der Waals surface area contributed by atoms with Crippen molar-refractivity contribution in [3.8, 4) is 5.75 Å². The molecule has 2 aliphatic carbocycles. The third-order valence-electron chi connectivity index (χ3n) is 6.32. The molecule has 0 aromatic heterocycles. The van der Waals surface area contributed by atoms with E-state index in [0.29, 0.717) is 0 Å². The zero-order valence-electron chi connectivity index (χ0n) is 20.5. The molecule has 1 fully saturated rings. The van der Waals surface area contributed by atoms with Crippen LogP contribution in [0.25, 0.3) is 0 Å². The summed E-state index contributed by atoms with van der Waals surface area (Å²) in [6, 6.07) is 11.4. The van der Waals surface area contributed by atoms with Crippen molar-refractivity contribution in [2.24, 2.45) is 11.8 Å². The molecule has 1 atom stereocenters. The molecule has 1 saturated carbocycles. The largest absolute Gasteiger partial charge is 0.508 e. The molecule has 0 radical (unpaired) electrons. The Balaban J connectivity index is 0.000000213. The number of phenols is 1. The molecule has 2 aromatic rings. The Kier molecular flexibility index (Phi) is 9.90. The summed E-state index contributed by atoms with van der Waals surface area (Å²) in [5.41, 5.74) is 7.07. The summed E-state index contributed by atoms with van der Waals surface area (Å²) in [6.07, 6.45) is 8.32. The molecule has 1 N–H and O–H groups in total. The second-order valence-corrected chi connectivity index (χ2v) is 9.33. The van der Waals surface area contributed by atoms with Crippen LogP contribution in [0.1, 0.15) is 70.1 Å². The molecule has 174 valence electrons. The van der Waals surface area contributed by atoms with Gasteiger partial charge in [0.05, 0.1) is 0 Å². The summed E-state index contributed by atoms with van der Waals surface area (Å²) >= 11 is 6.35. The quantitative estimate of drug-likeness (QED) is 0.499. The molecule has 2 aromatic carbocycles. The standard InChI is InChI=1S/C15H19Cl.C12H15NO.C2H6/c1-10-6-13-8-12(11-4-2-3-5-11)9-14(13)15(16)7-10;1-9(2)13(10(3)4)11-5-7-12(14)8-6-11;1-2/h6-7,11-12H,2-5,8-9H2,1H3;5-8,14H,1,3H2,2,4H3;1-2H3. The molecule has 0 spiro atoms. The summed E-state index contributed by atoms with van der Waals surface area (Å²) in [4.78, 5) is 1.93. The second kappa shape index (κ2) is 12.2. The zero-order chi connectivity index (χ0) is 23.8. The van der Waals surface area contributed by atoms with Crippen molar-refractivity contribution >= 4 is 17.3 Å². The highest BCUT2D eigenvalue weighted by atomic mass is 35.5. The van der Waals surface area contributed by atoms with E-state index in [1.807, 2.05) is 44.7 Å². The molecule has 0 aliphatic heterocycles. The zero-order valence-corrected chi connectivity index (χ0v) is 21.3. The minimum Gasteiger partial charge on any atom is -0.508 e. The van der Waals surface area contributed by atoms with Crippen molar-refractivity contribution in [2.75, 3.05) is 4.90 Å². The Morgan fingerprint density at radius 2 is 1.50 bits per heavy atom. The molecule has 2 nitrogen and oxygen atoms in total. The normalized spacial score (nSPS) is 16.9. The molecule has 4 rings (SSSR count). The van der Waals surface area contributed by atoms with Crippen molar-refractivity contribution in [1.82, 2.24) is 0 Å². The first kappa shape index (κ1) is 26.1. The maximum Gasteiger partial charge on any atom is 0.115 e. The topological polar surface area (TPSA) is 23.5 Å². The lowest BCUT2D eigenvalue weighted by molar-refractivity contribution is 0.353. The van der Waals surface area contributed by atoms with Gasteiger partial charge in [0.1, 0.15) is 5.75 Å². The predicted molar refractivity (Wildman–Crippen MR) is 141 cm³/mol. The van der Waals surface area contributed by atoms with Gasteiger partial charge in [-0.15, -0.1) is 0 Å². The first-order valence-corrected chi connectivity index (χ1v) is 12.3. The van der Waals surface area contributed by atoms with Gasteiger partial charge in [-0.3, -0.25) is 0 Å². The van der Waals surface area contributed by atoms with Crippen molar-refractivity contribution in [3.63, 3.8) is 0 Å². The number of halogens is 1. The van der Waals surface area contributed by atoms with Crippen LogP contribution in [-0.2, 0) is 12.8 Å². The molecule has 0 saturated heterocycles. The van der Waals surface area contributed by atoms with Crippen LogP contribution in [0, 0.1) is 18.8 Å². The number of rotatable bonds is 4. The van der Waals surface area contributed by atoms with Gasteiger partial charge in [-0.05, 0) is 92.5 Å². The Morgan fingerprint density at radius 3 is 2.03 bits per heavy atom. The van der Waals surface area contributed by atoms with Crippen LogP contribution < -0.4 is 4.90 Å². The average Bonchev–Trinajstić information content (AvgIpc) is 3.41. The molecule has 32 heavy (non-hydrogen) atoms. The number of nitrogens with zero attached hydrogens (tertiary/aromatic N) is 1. The van der Waals surface area contributed by atoms with E-state index in [2.05, 4.69) is 32.2 Å². The molecule has 1 unspecified atom stereocenters. The number of benzene rings is 2. The third kappa shape index (κ3) is 6.65. The van der Waals surface area contributed by atoms with Crippen LogP contribution in [0.15, 0.2) is 61.0 Å². The van der Waals surface area contributed by atoms with E-state index < -0.39 is 0 Å². The summed E-state index contributed by atoms with van der Waals surface area (Å²) < 4.78 is 0. The monoisotopic (exact) mass is 453 g/mol. The van der Waals surface area contributed by atoms with Crippen molar-refractivity contribution in [3.05, 3.63) is 82.7 Å². The van der Waals surface area contributed by atoms with Gasteiger partial charge in [-0.25, -0.2) is 0 Å². The fraction of sp³-hybridized carbons (Fsp3) is 0.448. The first-order valence-electron chi connectivity index (χ1n) is 11.9. The summed E-state index contributed by atoms with van der Waals surface area (Å²) in [5, 5.41) is 10.2. The number of aromatic hydroxyl groups is 1. The van der Waals surface area contributed by atoms with Crippen molar-refractivity contribution in [2.45, 2.75) is 73.1 Å². The van der Waals surface area contributed by atoms with Gasteiger partial charge in [-0.2, -0.15) is 0 Å². The highest BCUT2D eigenvalue weighted by Crippen LogP contribution is 2.41. The lowest BCUT2D eigenvalue weighted by Gasteiger charge is -2.24. The molecular formula is C29H40ClNO. The van der Waals surface area contributed by atoms with Gasteiger partial charge in [0, 0.05) is 22.1 Å². The average molecular weight is 454 g/mol.